The van der Waals surface area contributed by atoms with Crippen molar-refractivity contribution in [2.75, 3.05) is 13.6 Å². The van der Waals surface area contributed by atoms with Crippen LogP contribution in [0.25, 0.3) is 0 Å². The Kier molecular flexibility index (Phi) is 6.81. The lowest BCUT2D eigenvalue weighted by molar-refractivity contribution is -0.134. The molecule has 1 aliphatic rings. The van der Waals surface area contributed by atoms with Crippen molar-refractivity contribution in [3.8, 4) is 6.07 Å². The molecule has 0 bridgehead atoms. The smallest absolute Gasteiger partial charge is 0.236 e. The number of carbonyl (C=O) groups is 1. The van der Waals surface area contributed by atoms with Crippen molar-refractivity contribution in [2.45, 2.75) is 64.6 Å². The van der Waals surface area contributed by atoms with Gasteiger partial charge in [0.1, 0.15) is 0 Å². The third kappa shape index (κ3) is 5.07. The van der Waals surface area contributed by atoms with Crippen LogP contribution < -0.4 is 0 Å². The van der Waals surface area contributed by atoms with E-state index in [4.69, 9.17) is 5.26 Å². The average Bonchev–Trinajstić information content (AvgIpc) is 2.61. The van der Waals surface area contributed by atoms with Crippen LogP contribution in [0.15, 0.2) is 24.3 Å². The van der Waals surface area contributed by atoms with Crippen molar-refractivity contribution in [3.05, 3.63) is 35.4 Å². The Hall–Kier alpha value is -1.86. The van der Waals surface area contributed by atoms with E-state index in [0.29, 0.717) is 24.2 Å². The lowest BCUT2D eigenvalue weighted by Crippen LogP contribution is -2.45. The maximum absolute atomic E-state index is 12.7. The Balaban J connectivity index is 1.96. The van der Waals surface area contributed by atoms with E-state index in [-0.39, 0.29) is 5.91 Å². The van der Waals surface area contributed by atoms with Gasteiger partial charge in [0.05, 0.1) is 18.2 Å². The van der Waals surface area contributed by atoms with Crippen LogP contribution >= 0.6 is 0 Å². The Morgan fingerprint density at radius 3 is 2.38 bits per heavy atom. The zero-order chi connectivity index (χ0) is 17.5. The number of hydrogen-bond donors (Lipinski definition) is 0. The Bertz CT molecular complexity index is 568. The molecule has 0 spiro atoms. The minimum Gasteiger partial charge on any atom is -0.342 e. The van der Waals surface area contributed by atoms with Crippen molar-refractivity contribution < 1.29 is 4.79 Å². The predicted octanol–water partition coefficient (Wildman–Crippen LogP) is 3.56. The molecule has 0 aliphatic heterocycles. The van der Waals surface area contributed by atoms with Crippen LogP contribution in [0.4, 0.5) is 0 Å². The number of amides is 1. The number of likely N-dealkylation sites (N-methyl/N-ethyl adjacent to an activating group) is 1. The van der Waals surface area contributed by atoms with Crippen molar-refractivity contribution in [1.29, 1.82) is 5.26 Å². The maximum Gasteiger partial charge on any atom is 0.236 e. The molecule has 2 rings (SSSR count). The SMILES string of the molecule is CC(C)N(CC(=O)N(C)C1CCCCC1)Cc1ccc(C#N)cc1. The highest BCUT2D eigenvalue weighted by atomic mass is 16.2. The third-order valence-corrected chi connectivity index (χ3v) is 5.05. The number of nitrogens with zero attached hydrogens (tertiary/aromatic N) is 3. The van der Waals surface area contributed by atoms with Crippen LogP contribution in [0.1, 0.15) is 57.1 Å². The summed E-state index contributed by atoms with van der Waals surface area (Å²) < 4.78 is 0. The molecule has 1 aromatic carbocycles. The highest BCUT2D eigenvalue weighted by Gasteiger charge is 2.24. The Labute approximate surface area is 146 Å². The molecule has 4 heteroatoms. The number of nitriles is 1. The Morgan fingerprint density at radius 2 is 1.83 bits per heavy atom. The molecule has 0 atom stereocenters. The first-order chi connectivity index (χ1) is 11.5. The molecule has 130 valence electrons. The molecule has 0 N–H and O–H groups in total. The quantitative estimate of drug-likeness (QED) is 0.802. The number of carbonyl (C=O) groups excluding carboxylic acids is 1. The molecule has 0 heterocycles. The van der Waals surface area contributed by atoms with E-state index in [1.807, 2.05) is 36.2 Å². The molecule has 1 aromatic rings. The largest absolute Gasteiger partial charge is 0.342 e. The molecular formula is C20H29N3O. The van der Waals surface area contributed by atoms with E-state index >= 15 is 0 Å². The molecule has 24 heavy (non-hydrogen) atoms. The molecular weight excluding hydrogens is 298 g/mol. The van der Waals surface area contributed by atoms with E-state index in [9.17, 15) is 4.79 Å². The van der Waals surface area contributed by atoms with Gasteiger partial charge in [-0.1, -0.05) is 31.4 Å². The molecule has 4 nitrogen and oxygen atoms in total. The first-order valence-corrected chi connectivity index (χ1v) is 9.00. The maximum atomic E-state index is 12.7. The third-order valence-electron chi connectivity index (χ3n) is 5.05. The fourth-order valence-electron chi connectivity index (χ4n) is 3.30. The van der Waals surface area contributed by atoms with Gasteiger partial charge in [0.25, 0.3) is 0 Å². The average molecular weight is 327 g/mol. The molecule has 1 saturated carbocycles. The van der Waals surface area contributed by atoms with Gasteiger partial charge >= 0.3 is 0 Å². The van der Waals surface area contributed by atoms with Gasteiger partial charge in [-0.05, 0) is 44.4 Å². The van der Waals surface area contributed by atoms with E-state index in [1.165, 1.54) is 19.3 Å². The highest BCUT2D eigenvalue weighted by Crippen LogP contribution is 2.22. The normalized spacial score (nSPS) is 15.5. The summed E-state index contributed by atoms with van der Waals surface area (Å²) in [5.74, 6) is 0.212. The lowest BCUT2D eigenvalue weighted by atomic mass is 9.94. The molecule has 0 unspecified atom stereocenters. The number of benzene rings is 1. The predicted molar refractivity (Wildman–Crippen MR) is 96.3 cm³/mol. The van der Waals surface area contributed by atoms with Crippen molar-refractivity contribution in [1.82, 2.24) is 9.80 Å². The van der Waals surface area contributed by atoms with Crippen LogP contribution in [0.3, 0.4) is 0 Å². The minimum atomic E-state index is 0.212. The fourth-order valence-corrected chi connectivity index (χ4v) is 3.30. The van der Waals surface area contributed by atoms with E-state index in [2.05, 4.69) is 24.8 Å². The van der Waals surface area contributed by atoms with E-state index in [1.54, 1.807) is 0 Å². The second-order valence-corrected chi connectivity index (χ2v) is 7.10. The zero-order valence-corrected chi connectivity index (χ0v) is 15.2. The second-order valence-electron chi connectivity index (χ2n) is 7.10. The van der Waals surface area contributed by atoms with Crippen molar-refractivity contribution in [2.24, 2.45) is 0 Å². The summed E-state index contributed by atoms with van der Waals surface area (Å²) in [6.07, 6.45) is 6.05. The monoisotopic (exact) mass is 327 g/mol. The fraction of sp³-hybridized carbons (Fsp3) is 0.600. The van der Waals surface area contributed by atoms with Gasteiger partial charge in [0.15, 0.2) is 0 Å². The van der Waals surface area contributed by atoms with Crippen LogP contribution in [-0.4, -0.2) is 41.4 Å². The van der Waals surface area contributed by atoms with Crippen LogP contribution in [0.2, 0.25) is 0 Å². The molecule has 1 fully saturated rings. The Morgan fingerprint density at radius 1 is 1.21 bits per heavy atom. The molecule has 0 aromatic heterocycles. The van der Waals surface area contributed by atoms with Gasteiger partial charge in [-0.25, -0.2) is 0 Å². The highest BCUT2D eigenvalue weighted by molar-refractivity contribution is 5.78. The van der Waals surface area contributed by atoms with Gasteiger partial charge in [-0.3, -0.25) is 9.69 Å². The first-order valence-electron chi connectivity index (χ1n) is 9.00. The van der Waals surface area contributed by atoms with Gasteiger partial charge in [0, 0.05) is 25.7 Å². The summed E-state index contributed by atoms with van der Waals surface area (Å²) in [5, 5.41) is 8.89. The van der Waals surface area contributed by atoms with Crippen LogP contribution in [0, 0.1) is 11.3 Å². The minimum absolute atomic E-state index is 0.212. The van der Waals surface area contributed by atoms with Crippen molar-refractivity contribution in [3.63, 3.8) is 0 Å². The summed E-state index contributed by atoms with van der Waals surface area (Å²) in [4.78, 5) is 16.9. The van der Waals surface area contributed by atoms with Crippen LogP contribution in [0.5, 0.6) is 0 Å². The van der Waals surface area contributed by atoms with Gasteiger partial charge in [-0.2, -0.15) is 5.26 Å². The standard InChI is InChI=1S/C20H29N3O/c1-16(2)23(14-18-11-9-17(13-21)10-12-18)15-20(24)22(3)19-7-5-4-6-8-19/h9-12,16,19H,4-8,14-15H2,1-3H3. The topological polar surface area (TPSA) is 47.3 Å². The second kappa shape index (κ2) is 8.84. The first kappa shape index (κ1) is 18.5. The number of rotatable bonds is 6. The lowest BCUT2D eigenvalue weighted by Gasteiger charge is -2.34. The van der Waals surface area contributed by atoms with E-state index < -0.39 is 0 Å². The van der Waals surface area contributed by atoms with Crippen LogP contribution in [-0.2, 0) is 11.3 Å². The zero-order valence-electron chi connectivity index (χ0n) is 15.2. The summed E-state index contributed by atoms with van der Waals surface area (Å²) in [6.45, 7) is 5.42. The van der Waals surface area contributed by atoms with E-state index in [0.717, 1.165) is 24.9 Å². The molecule has 1 aliphatic carbocycles. The van der Waals surface area contributed by atoms with Gasteiger partial charge < -0.3 is 4.90 Å². The van der Waals surface area contributed by atoms with Crippen molar-refractivity contribution >= 4 is 5.91 Å². The summed E-state index contributed by atoms with van der Waals surface area (Å²) in [7, 11) is 1.96. The summed E-state index contributed by atoms with van der Waals surface area (Å²) >= 11 is 0. The molecule has 1 amide bonds. The number of hydrogen-bond acceptors (Lipinski definition) is 3. The summed E-state index contributed by atoms with van der Waals surface area (Å²) in [6, 6.07) is 10.5. The molecule has 0 radical (unpaired) electrons. The summed E-state index contributed by atoms with van der Waals surface area (Å²) in [5.41, 5.74) is 1.80. The van der Waals surface area contributed by atoms with Gasteiger partial charge in [0.2, 0.25) is 5.91 Å². The van der Waals surface area contributed by atoms with Gasteiger partial charge in [-0.15, -0.1) is 0 Å². The molecule has 0 saturated heterocycles.